The largest absolute Gasteiger partial charge is 0.338 e. The molecule has 2 aromatic rings. The standard InChI is InChI=1S/C13H13ClN2O2S/c1-9-8-13(18-16-9)15-12(17)6-7-19-11-4-2-10(14)3-5-11/h2-5,8H,6-7H2,1H3,(H,15,17). The van der Waals surface area contributed by atoms with Crippen LogP contribution in [0.3, 0.4) is 0 Å². The fraction of sp³-hybridized carbons (Fsp3) is 0.231. The number of aromatic nitrogens is 1. The highest BCUT2D eigenvalue weighted by atomic mass is 35.5. The topological polar surface area (TPSA) is 55.1 Å². The SMILES string of the molecule is Cc1cc(NC(=O)CCSc2ccc(Cl)cc2)on1. The van der Waals surface area contributed by atoms with E-state index in [4.69, 9.17) is 16.1 Å². The van der Waals surface area contributed by atoms with Crippen LogP contribution < -0.4 is 5.32 Å². The van der Waals surface area contributed by atoms with Crippen LogP contribution in [0.1, 0.15) is 12.1 Å². The molecule has 6 heteroatoms. The fourth-order valence-electron chi connectivity index (χ4n) is 1.41. The quantitative estimate of drug-likeness (QED) is 0.854. The molecule has 2 rings (SSSR count). The maximum atomic E-state index is 11.6. The minimum absolute atomic E-state index is 0.0855. The molecule has 1 amide bonds. The number of carbonyl (C=O) groups excluding carboxylic acids is 1. The van der Waals surface area contributed by atoms with Crippen LogP contribution in [0, 0.1) is 6.92 Å². The number of thioether (sulfide) groups is 1. The molecule has 0 unspecified atom stereocenters. The highest BCUT2D eigenvalue weighted by Gasteiger charge is 2.06. The Labute approximate surface area is 120 Å². The first-order chi connectivity index (χ1) is 9.13. The van der Waals surface area contributed by atoms with Crippen molar-refractivity contribution >= 4 is 35.2 Å². The minimum atomic E-state index is -0.0855. The van der Waals surface area contributed by atoms with Gasteiger partial charge >= 0.3 is 0 Å². The Balaban J connectivity index is 1.73. The summed E-state index contributed by atoms with van der Waals surface area (Å²) in [6.45, 7) is 1.80. The van der Waals surface area contributed by atoms with E-state index in [1.807, 2.05) is 24.3 Å². The van der Waals surface area contributed by atoms with E-state index in [1.54, 1.807) is 24.8 Å². The molecule has 0 aliphatic carbocycles. The number of rotatable bonds is 5. The van der Waals surface area contributed by atoms with Crippen LogP contribution in [0.15, 0.2) is 39.8 Å². The molecule has 0 aliphatic heterocycles. The summed E-state index contributed by atoms with van der Waals surface area (Å²) < 4.78 is 4.91. The van der Waals surface area contributed by atoms with E-state index in [9.17, 15) is 4.79 Å². The summed E-state index contributed by atoms with van der Waals surface area (Å²) in [5, 5.41) is 7.06. The first-order valence-corrected chi connectivity index (χ1v) is 7.11. The van der Waals surface area contributed by atoms with Crippen molar-refractivity contribution in [1.82, 2.24) is 5.16 Å². The summed E-state index contributed by atoms with van der Waals surface area (Å²) in [7, 11) is 0. The molecule has 0 radical (unpaired) electrons. The van der Waals surface area contributed by atoms with Gasteiger partial charge in [0.2, 0.25) is 11.8 Å². The third kappa shape index (κ3) is 4.61. The Morgan fingerprint density at radius 1 is 1.42 bits per heavy atom. The molecule has 1 aromatic heterocycles. The van der Waals surface area contributed by atoms with E-state index in [2.05, 4.69) is 10.5 Å². The maximum absolute atomic E-state index is 11.6. The van der Waals surface area contributed by atoms with Crippen molar-refractivity contribution < 1.29 is 9.32 Å². The molecule has 0 fully saturated rings. The molecule has 0 aliphatic rings. The first-order valence-electron chi connectivity index (χ1n) is 5.75. The molecule has 19 heavy (non-hydrogen) atoms. The Morgan fingerprint density at radius 3 is 2.79 bits per heavy atom. The van der Waals surface area contributed by atoms with Crippen molar-refractivity contribution in [3.63, 3.8) is 0 Å². The molecular formula is C13H13ClN2O2S. The van der Waals surface area contributed by atoms with Crippen LogP contribution in [-0.2, 0) is 4.79 Å². The zero-order valence-electron chi connectivity index (χ0n) is 10.4. The van der Waals surface area contributed by atoms with Gasteiger partial charge in [0.25, 0.3) is 0 Å². The maximum Gasteiger partial charge on any atom is 0.231 e. The predicted octanol–water partition coefficient (Wildman–Crippen LogP) is 3.76. The van der Waals surface area contributed by atoms with E-state index < -0.39 is 0 Å². The average molecular weight is 297 g/mol. The van der Waals surface area contributed by atoms with Crippen LogP contribution in [0.2, 0.25) is 5.02 Å². The molecule has 4 nitrogen and oxygen atoms in total. The number of halogens is 1. The van der Waals surface area contributed by atoms with Crippen molar-refractivity contribution in [1.29, 1.82) is 0 Å². The van der Waals surface area contributed by atoms with E-state index in [0.29, 0.717) is 23.1 Å². The normalized spacial score (nSPS) is 10.4. The van der Waals surface area contributed by atoms with Gasteiger partial charge < -0.3 is 4.52 Å². The molecule has 1 N–H and O–H groups in total. The summed E-state index contributed by atoms with van der Waals surface area (Å²) in [5.41, 5.74) is 0.742. The van der Waals surface area contributed by atoms with Gasteiger partial charge in [-0.3, -0.25) is 10.1 Å². The van der Waals surface area contributed by atoms with E-state index in [1.165, 1.54) is 0 Å². The number of hydrogen-bond donors (Lipinski definition) is 1. The number of carbonyl (C=O) groups is 1. The number of nitrogens with zero attached hydrogens (tertiary/aromatic N) is 1. The second kappa shape index (κ2) is 6.63. The Bertz CT molecular complexity index is 554. The van der Waals surface area contributed by atoms with Crippen molar-refractivity contribution in [2.45, 2.75) is 18.2 Å². The van der Waals surface area contributed by atoms with Crippen LogP contribution in [-0.4, -0.2) is 16.8 Å². The summed E-state index contributed by atoms with van der Waals surface area (Å²) in [5.74, 6) is 0.997. The van der Waals surface area contributed by atoms with Crippen molar-refractivity contribution in [3.8, 4) is 0 Å². The Hall–Kier alpha value is -1.46. The van der Waals surface area contributed by atoms with Gasteiger partial charge in [0.05, 0.1) is 5.69 Å². The van der Waals surface area contributed by atoms with Gasteiger partial charge in [0.15, 0.2) is 0 Å². The summed E-state index contributed by atoms with van der Waals surface area (Å²) in [6, 6.07) is 9.22. The number of aryl methyl sites for hydroxylation is 1. The second-order valence-corrected chi connectivity index (χ2v) is 5.54. The van der Waals surface area contributed by atoms with Crippen molar-refractivity contribution in [3.05, 3.63) is 41.0 Å². The van der Waals surface area contributed by atoms with Gasteiger partial charge in [-0.05, 0) is 31.2 Å². The molecule has 0 spiro atoms. The van der Waals surface area contributed by atoms with Gasteiger partial charge in [-0.1, -0.05) is 16.8 Å². The van der Waals surface area contributed by atoms with Crippen LogP contribution in [0.4, 0.5) is 5.88 Å². The lowest BCUT2D eigenvalue weighted by molar-refractivity contribution is -0.115. The summed E-state index contributed by atoms with van der Waals surface area (Å²) in [6.07, 6.45) is 0.410. The van der Waals surface area contributed by atoms with Gasteiger partial charge in [-0.15, -0.1) is 11.8 Å². The van der Waals surface area contributed by atoms with Gasteiger partial charge in [0.1, 0.15) is 0 Å². The number of nitrogens with one attached hydrogen (secondary N) is 1. The zero-order valence-corrected chi connectivity index (χ0v) is 11.9. The van der Waals surface area contributed by atoms with E-state index in [0.717, 1.165) is 10.6 Å². The molecule has 0 saturated carbocycles. The van der Waals surface area contributed by atoms with Gasteiger partial charge in [0, 0.05) is 28.2 Å². The fourth-order valence-corrected chi connectivity index (χ4v) is 2.39. The monoisotopic (exact) mass is 296 g/mol. The lowest BCUT2D eigenvalue weighted by Gasteiger charge is -2.02. The Morgan fingerprint density at radius 2 is 2.16 bits per heavy atom. The lowest BCUT2D eigenvalue weighted by Crippen LogP contribution is -2.11. The van der Waals surface area contributed by atoms with Crippen LogP contribution >= 0.6 is 23.4 Å². The molecule has 0 saturated heterocycles. The van der Waals surface area contributed by atoms with Crippen molar-refractivity contribution in [2.24, 2.45) is 0 Å². The molecule has 1 aromatic carbocycles. The Kier molecular flexibility index (Phi) is 4.87. The zero-order chi connectivity index (χ0) is 13.7. The minimum Gasteiger partial charge on any atom is -0.338 e. The lowest BCUT2D eigenvalue weighted by atomic mass is 10.4. The molecular weight excluding hydrogens is 284 g/mol. The molecule has 0 bridgehead atoms. The highest BCUT2D eigenvalue weighted by molar-refractivity contribution is 7.99. The summed E-state index contributed by atoms with van der Waals surface area (Å²) in [4.78, 5) is 12.7. The number of benzene rings is 1. The summed E-state index contributed by atoms with van der Waals surface area (Å²) >= 11 is 7.41. The molecule has 0 atom stereocenters. The van der Waals surface area contributed by atoms with Crippen LogP contribution in [0.25, 0.3) is 0 Å². The second-order valence-electron chi connectivity index (χ2n) is 3.93. The van der Waals surface area contributed by atoms with E-state index in [-0.39, 0.29) is 5.91 Å². The average Bonchev–Trinajstić information content (AvgIpc) is 2.77. The highest BCUT2D eigenvalue weighted by Crippen LogP contribution is 2.21. The van der Waals surface area contributed by atoms with E-state index >= 15 is 0 Å². The van der Waals surface area contributed by atoms with Gasteiger partial charge in [-0.25, -0.2) is 0 Å². The number of amides is 1. The molecule has 1 heterocycles. The van der Waals surface area contributed by atoms with Gasteiger partial charge in [-0.2, -0.15) is 0 Å². The third-order valence-electron chi connectivity index (χ3n) is 2.30. The first kappa shape index (κ1) is 14.0. The molecule has 100 valence electrons. The number of hydrogen-bond acceptors (Lipinski definition) is 4. The smallest absolute Gasteiger partial charge is 0.231 e. The third-order valence-corrected chi connectivity index (χ3v) is 3.57. The van der Waals surface area contributed by atoms with Crippen molar-refractivity contribution in [2.75, 3.05) is 11.1 Å². The number of anilines is 1. The predicted molar refractivity (Wildman–Crippen MR) is 76.7 cm³/mol. The van der Waals surface area contributed by atoms with Crippen LogP contribution in [0.5, 0.6) is 0 Å².